The summed E-state index contributed by atoms with van der Waals surface area (Å²) >= 11 is 0. The number of nitriles is 1. The number of nitrogens with two attached hydrogens (primary N) is 1. The molecule has 0 amide bonds. The van der Waals surface area contributed by atoms with Gasteiger partial charge in [0.15, 0.2) is 5.65 Å². The van der Waals surface area contributed by atoms with Gasteiger partial charge < -0.3 is 10.5 Å². The summed E-state index contributed by atoms with van der Waals surface area (Å²) in [5.74, 6) is 0.614. The van der Waals surface area contributed by atoms with Crippen molar-refractivity contribution in [1.82, 2.24) is 24.7 Å². The van der Waals surface area contributed by atoms with E-state index in [4.69, 9.17) is 15.7 Å². The van der Waals surface area contributed by atoms with Crippen LogP contribution in [0.25, 0.3) is 11.0 Å². The quantitative estimate of drug-likeness (QED) is 0.784. The lowest BCUT2D eigenvalue weighted by molar-refractivity contribution is 0.129. The van der Waals surface area contributed by atoms with Crippen LogP contribution in [0.1, 0.15) is 24.4 Å². The van der Waals surface area contributed by atoms with Gasteiger partial charge in [0.25, 0.3) is 5.88 Å². The zero-order valence-corrected chi connectivity index (χ0v) is 12.4. The van der Waals surface area contributed by atoms with Crippen LogP contribution in [0.3, 0.4) is 0 Å². The van der Waals surface area contributed by atoms with Gasteiger partial charge in [0.05, 0.1) is 17.7 Å². The van der Waals surface area contributed by atoms with Crippen molar-refractivity contribution in [2.45, 2.75) is 25.1 Å². The number of aromatic nitrogens is 5. The lowest BCUT2D eigenvalue weighted by Crippen LogP contribution is -2.28. The Hall–Kier alpha value is -3.28. The average molecular weight is 325 g/mol. The van der Waals surface area contributed by atoms with Crippen LogP contribution in [0.5, 0.6) is 11.8 Å². The molecule has 8 nitrogen and oxygen atoms in total. The maximum atomic E-state index is 13.2. The minimum absolute atomic E-state index is 0.0902. The Morgan fingerprint density at radius 3 is 2.92 bits per heavy atom. The molecule has 0 aromatic carbocycles. The van der Waals surface area contributed by atoms with E-state index < -0.39 is 6.17 Å². The minimum Gasteiger partial charge on any atom is -0.418 e. The van der Waals surface area contributed by atoms with E-state index in [0.717, 1.165) is 0 Å². The first-order valence-corrected chi connectivity index (χ1v) is 7.32. The fourth-order valence-electron chi connectivity index (χ4n) is 2.64. The Bertz CT molecular complexity index is 958. The highest BCUT2D eigenvalue weighted by molar-refractivity contribution is 5.90. The number of rotatable bonds is 3. The highest BCUT2D eigenvalue weighted by Gasteiger charge is 2.34. The van der Waals surface area contributed by atoms with Crippen LogP contribution in [-0.2, 0) is 0 Å². The largest absolute Gasteiger partial charge is 0.418 e. The Kier molecular flexibility index (Phi) is 3.23. The standard InChI is InChI=1S/C15H12FN7O/c16-9-4-10(5-9)23-14-12(13(18)20-7-21-14)15(22-23)24-11-3-8(6-17)1-2-19-11/h1-3,7,9-10H,4-5H2,(H2,18,20,21). The molecule has 1 aliphatic rings. The summed E-state index contributed by atoms with van der Waals surface area (Å²) in [6, 6.07) is 4.98. The number of anilines is 1. The van der Waals surface area contributed by atoms with Crippen molar-refractivity contribution >= 4 is 16.9 Å². The summed E-state index contributed by atoms with van der Waals surface area (Å²) in [6.07, 6.45) is 2.73. The maximum absolute atomic E-state index is 13.2. The van der Waals surface area contributed by atoms with Crippen LogP contribution >= 0.6 is 0 Å². The lowest BCUT2D eigenvalue weighted by Gasteiger charge is -2.29. The molecule has 9 heteroatoms. The van der Waals surface area contributed by atoms with Gasteiger partial charge in [0.1, 0.15) is 23.7 Å². The SMILES string of the molecule is N#Cc1ccnc(Oc2nn(C3CC(F)C3)c3ncnc(N)c23)c1. The van der Waals surface area contributed by atoms with Crippen molar-refractivity contribution in [3.63, 3.8) is 0 Å². The second-order valence-corrected chi connectivity index (χ2v) is 5.53. The summed E-state index contributed by atoms with van der Waals surface area (Å²) < 4.78 is 20.5. The van der Waals surface area contributed by atoms with Gasteiger partial charge in [-0.15, -0.1) is 5.10 Å². The second kappa shape index (κ2) is 5.42. The van der Waals surface area contributed by atoms with Crippen LogP contribution < -0.4 is 10.5 Å². The van der Waals surface area contributed by atoms with Crippen molar-refractivity contribution in [3.05, 3.63) is 30.2 Å². The summed E-state index contributed by atoms with van der Waals surface area (Å²) in [4.78, 5) is 12.2. The van der Waals surface area contributed by atoms with Crippen molar-refractivity contribution in [1.29, 1.82) is 5.26 Å². The molecule has 3 aromatic heterocycles. The number of alkyl halides is 1. The molecule has 0 saturated heterocycles. The molecule has 2 N–H and O–H groups in total. The zero-order valence-electron chi connectivity index (χ0n) is 12.4. The van der Waals surface area contributed by atoms with Gasteiger partial charge in [0, 0.05) is 25.1 Å². The number of fused-ring (bicyclic) bond motifs is 1. The van der Waals surface area contributed by atoms with Crippen molar-refractivity contribution in [2.75, 3.05) is 5.73 Å². The van der Waals surface area contributed by atoms with E-state index in [-0.39, 0.29) is 23.6 Å². The first-order valence-electron chi connectivity index (χ1n) is 7.32. The molecule has 3 aromatic rings. The van der Waals surface area contributed by atoms with Crippen molar-refractivity contribution in [2.24, 2.45) is 0 Å². The van der Waals surface area contributed by atoms with Crippen molar-refractivity contribution in [3.8, 4) is 17.8 Å². The molecule has 0 spiro atoms. The van der Waals surface area contributed by atoms with E-state index in [0.29, 0.717) is 29.4 Å². The fourth-order valence-corrected chi connectivity index (χ4v) is 2.64. The molecule has 0 radical (unpaired) electrons. The minimum atomic E-state index is -0.827. The Morgan fingerprint density at radius 2 is 2.17 bits per heavy atom. The van der Waals surface area contributed by atoms with E-state index in [1.165, 1.54) is 18.6 Å². The Morgan fingerprint density at radius 1 is 1.33 bits per heavy atom. The van der Waals surface area contributed by atoms with Crippen LogP contribution in [0.4, 0.5) is 10.2 Å². The second-order valence-electron chi connectivity index (χ2n) is 5.53. The Balaban J connectivity index is 1.78. The third kappa shape index (κ3) is 2.28. The fraction of sp³-hybridized carbons (Fsp3) is 0.267. The van der Waals surface area contributed by atoms with Crippen LogP contribution in [0.15, 0.2) is 24.7 Å². The highest BCUT2D eigenvalue weighted by atomic mass is 19.1. The van der Waals surface area contributed by atoms with Crippen molar-refractivity contribution < 1.29 is 9.13 Å². The number of ether oxygens (including phenoxy) is 1. The monoisotopic (exact) mass is 325 g/mol. The van der Waals surface area contributed by atoms with E-state index in [1.54, 1.807) is 10.7 Å². The first-order chi connectivity index (χ1) is 11.7. The molecule has 24 heavy (non-hydrogen) atoms. The van der Waals surface area contributed by atoms with Gasteiger partial charge in [-0.05, 0) is 6.07 Å². The van der Waals surface area contributed by atoms with E-state index in [1.807, 2.05) is 6.07 Å². The van der Waals surface area contributed by atoms with Gasteiger partial charge in [0.2, 0.25) is 5.88 Å². The zero-order chi connectivity index (χ0) is 16.7. The summed E-state index contributed by atoms with van der Waals surface area (Å²) in [6.45, 7) is 0. The van der Waals surface area contributed by atoms with Crippen LogP contribution in [0.2, 0.25) is 0 Å². The molecule has 3 heterocycles. The first kappa shape index (κ1) is 14.3. The van der Waals surface area contributed by atoms with Gasteiger partial charge >= 0.3 is 0 Å². The normalized spacial score (nSPS) is 19.7. The third-order valence-electron chi connectivity index (χ3n) is 3.95. The summed E-state index contributed by atoms with van der Waals surface area (Å²) in [5.41, 5.74) is 6.84. The number of pyridine rings is 1. The van der Waals surface area contributed by atoms with Gasteiger partial charge in [-0.2, -0.15) is 5.26 Å². The molecular formula is C15H12FN7O. The topological polar surface area (TPSA) is 116 Å². The number of halogens is 1. The highest BCUT2D eigenvalue weighted by Crippen LogP contribution is 2.39. The van der Waals surface area contributed by atoms with Gasteiger partial charge in [-0.3, -0.25) is 0 Å². The van der Waals surface area contributed by atoms with Gasteiger partial charge in [-0.1, -0.05) is 0 Å². The molecule has 0 bridgehead atoms. The van der Waals surface area contributed by atoms with E-state index in [2.05, 4.69) is 20.1 Å². The molecule has 0 atom stereocenters. The number of nitrogen functional groups attached to an aromatic ring is 1. The molecule has 1 saturated carbocycles. The predicted octanol–water partition coefficient (Wildman–Crippen LogP) is 2.14. The van der Waals surface area contributed by atoms with E-state index in [9.17, 15) is 4.39 Å². The van der Waals surface area contributed by atoms with Crippen LogP contribution in [-0.4, -0.2) is 30.9 Å². The molecule has 4 rings (SSSR count). The summed E-state index contributed by atoms with van der Waals surface area (Å²) in [5, 5.41) is 13.8. The predicted molar refractivity (Wildman–Crippen MR) is 81.9 cm³/mol. The molecular weight excluding hydrogens is 313 g/mol. The van der Waals surface area contributed by atoms with Crippen LogP contribution in [0, 0.1) is 11.3 Å². The molecule has 120 valence electrons. The number of hydrogen-bond acceptors (Lipinski definition) is 7. The Labute approximate surface area is 135 Å². The molecule has 1 aliphatic carbocycles. The smallest absolute Gasteiger partial charge is 0.253 e. The molecule has 1 fully saturated rings. The molecule has 0 aliphatic heterocycles. The number of hydrogen-bond donors (Lipinski definition) is 1. The summed E-state index contributed by atoms with van der Waals surface area (Å²) in [7, 11) is 0. The third-order valence-corrected chi connectivity index (χ3v) is 3.95. The number of nitrogens with zero attached hydrogens (tertiary/aromatic N) is 6. The van der Waals surface area contributed by atoms with Gasteiger partial charge in [-0.25, -0.2) is 24.0 Å². The van der Waals surface area contributed by atoms with E-state index >= 15 is 0 Å². The lowest BCUT2D eigenvalue weighted by atomic mass is 9.91. The maximum Gasteiger partial charge on any atom is 0.253 e. The average Bonchev–Trinajstić information content (AvgIpc) is 2.91. The molecule has 0 unspecified atom stereocenters.